The molecule has 1 unspecified atom stereocenters. The fraction of sp³-hybridized carbons (Fsp3) is 0.600. The molecule has 0 radical (unpaired) electrons. The molecule has 0 aliphatic carbocycles. The van der Waals surface area contributed by atoms with Gasteiger partial charge in [0.2, 0.25) is 17.7 Å². The van der Waals surface area contributed by atoms with Crippen molar-refractivity contribution in [3.63, 3.8) is 0 Å². The molecule has 5 atom stereocenters. The number of ketones is 1. The largest absolute Gasteiger partial charge is 0.379 e. The van der Waals surface area contributed by atoms with Crippen LogP contribution in [0.1, 0.15) is 65.0 Å². The summed E-state index contributed by atoms with van der Waals surface area (Å²) in [6.45, 7) is 13.5. The number of nitrogens with one attached hydrogen (secondary N) is 4. The van der Waals surface area contributed by atoms with E-state index in [9.17, 15) is 19.2 Å². The van der Waals surface area contributed by atoms with E-state index < -0.39 is 29.6 Å². The Morgan fingerprint density at radius 3 is 1.90 bits per heavy atom. The second-order valence-electron chi connectivity index (χ2n) is 15.1. The summed E-state index contributed by atoms with van der Waals surface area (Å²) < 4.78 is 10.9. The number of hydrogen-bond acceptors (Lipinski definition) is 8. The van der Waals surface area contributed by atoms with Crippen LogP contribution in [-0.2, 0) is 41.5 Å². The van der Waals surface area contributed by atoms with Gasteiger partial charge in [0, 0.05) is 32.1 Å². The minimum absolute atomic E-state index is 0.0582. The molecular formula is C40H59N5O6. The Bertz CT molecular complexity index is 1390. The average molecular weight is 706 g/mol. The van der Waals surface area contributed by atoms with Gasteiger partial charge in [0.05, 0.1) is 38.4 Å². The van der Waals surface area contributed by atoms with E-state index in [1.807, 2.05) is 62.4 Å². The Hall–Kier alpha value is -3.64. The Labute approximate surface area is 304 Å². The van der Waals surface area contributed by atoms with E-state index in [1.165, 1.54) is 5.56 Å². The third-order valence-corrected chi connectivity index (χ3v) is 9.45. The lowest BCUT2D eigenvalue weighted by molar-refractivity contribution is -0.133. The molecule has 3 amide bonds. The van der Waals surface area contributed by atoms with Crippen LogP contribution >= 0.6 is 0 Å². The van der Waals surface area contributed by atoms with E-state index in [0.717, 1.165) is 12.0 Å². The lowest BCUT2D eigenvalue weighted by Gasteiger charge is -2.29. The third-order valence-electron chi connectivity index (χ3n) is 9.45. The van der Waals surface area contributed by atoms with Crippen molar-refractivity contribution >= 4 is 23.5 Å². The van der Waals surface area contributed by atoms with Crippen molar-refractivity contribution in [1.82, 2.24) is 26.2 Å². The number of nitrogens with zero attached hydrogens (tertiary/aromatic N) is 1. The van der Waals surface area contributed by atoms with E-state index >= 15 is 0 Å². The number of carbonyl (C=O) groups excluding carboxylic acids is 4. The summed E-state index contributed by atoms with van der Waals surface area (Å²) in [6, 6.07) is 17.2. The molecular weight excluding hydrogens is 646 g/mol. The molecule has 0 bridgehead atoms. The first-order valence-corrected chi connectivity index (χ1v) is 18.6. The third kappa shape index (κ3) is 13.8. The van der Waals surface area contributed by atoms with Crippen LogP contribution in [0.2, 0.25) is 0 Å². The summed E-state index contributed by atoms with van der Waals surface area (Å²) in [6.07, 6.45) is 2.72. The Morgan fingerprint density at radius 1 is 0.765 bits per heavy atom. The van der Waals surface area contributed by atoms with Gasteiger partial charge in [-0.25, -0.2) is 0 Å². The molecule has 51 heavy (non-hydrogen) atoms. The normalized spacial score (nSPS) is 19.9. The summed E-state index contributed by atoms with van der Waals surface area (Å²) in [5, 5.41) is 12.7. The quantitative estimate of drug-likeness (QED) is 0.145. The minimum atomic E-state index is -0.908. The first-order chi connectivity index (χ1) is 24.4. The highest BCUT2D eigenvalue weighted by molar-refractivity contribution is 5.98. The van der Waals surface area contributed by atoms with Gasteiger partial charge in [-0.05, 0) is 55.6 Å². The fourth-order valence-electron chi connectivity index (χ4n) is 6.41. The molecule has 2 aliphatic heterocycles. The smallest absolute Gasteiger partial charge is 0.243 e. The number of Topliss-reactive ketones (excluding diaryl/α,β-unsaturated/α-hetero) is 1. The molecule has 0 spiro atoms. The first-order valence-electron chi connectivity index (χ1n) is 18.6. The second-order valence-corrected chi connectivity index (χ2v) is 15.1. The lowest BCUT2D eigenvalue weighted by Crippen LogP contribution is -2.58. The summed E-state index contributed by atoms with van der Waals surface area (Å²) in [5.41, 5.74) is 1.18. The van der Waals surface area contributed by atoms with Crippen LogP contribution in [0.15, 0.2) is 60.7 Å². The summed E-state index contributed by atoms with van der Waals surface area (Å²) >= 11 is 0. The number of aryl methyl sites for hydroxylation is 1. The van der Waals surface area contributed by atoms with Gasteiger partial charge in [-0.1, -0.05) is 88.4 Å². The maximum atomic E-state index is 14.1. The predicted octanol–water partition coefficient (Wildman–Crippen LogP) is 3.06. The molecule has 11 nitrogen and oxygen atoms in total. The van der Waals surface area contributed by atoms with Crippen molar-refractivity contribution in [2.24, 2.45) is 11.8 Å². The van der Waals surface area contributed by atoms with Crippen molar-refractivity contribution in [2.45, 2.75) is 96.5 Å². The fourth-order valence-corrected chi connectivity index (χ4v) is 6.41. The number of hydrogen-bond donors (Lipinski definition) is 4. The lowest BCUT2D eigenvalue weighted by atomic mass is 9.93. The molecule has 4 N–H and O–H groups in total. The van der Waals surface area contributed by atoms with Crippen molar-refractivity contribution in [3.8, 4) is 0 Å². The molecule has 2 aromatic carbocycles. The summed E-state index contributed by atoms with van der Waals surface area (Å²) in [4.78, 5) is 56.6. The van der Waals surface area contributed by atoms with Gasteiger partial charge >= 0.3 is 0 Å². The van der Waals surface area contributed by atoms with Gasteiger partial charge in [0.25, 0.3) is 0 Å². The zero-order chi connectivity index (χ0) is 36.8. The van der Waals surface area contributed by atoms with Crippen molar-refractivity contribution < 1.29 is 28.7 Å². The Kier molecular flexibility index (Phi) is 15.6. The van der Waals surface area contributed by atoms with Crippen LogP contribution in [0.5, 0.6) is 0 Å². The molecule has 280 valence electrons. The van der Waals surface area contributed by atoms with E-state index in [0.29, 0.717) is 65.3 Å². The number of rotatable bonds is 21. The zero-order valence-electron chi connectivity index (χ0n) is 31.1. The molecule has 2 aromatic rings. The van der Waals surface area contributed by atoms with Gasteiger partial charge in [-0.3, -0.25) is 24.1 Å². The molecule has 4 rings (SSSR count). The SMILES string of the molecule is CC(C)CC(NC[C@H](CCc1ccccc1)NC(=O)CN1CCOCC1)C(=O)N[C@@H](Cc1ccccc1)C(=O)N[C@@H](CC(C)C)C(=O)[C@@]1(C)CO1. The number of morpholine rings is 1. The number of benzene rings is 2. The molecule has 0 aromatic heterocycles. The number of carbonyl (C=O) groups is 4. The van der Waals surface area contributed by atoms with Crippen LogP contribution < -0.4 is 21.3 Å². The second kappa shape index (κ2) is 19.8. The van der Waals surface area contributed by atoms with Crippen LogP contribution in [0.3, 0.4) is 0 Å². The van der Waals surface area contributed by atoms with Crippen molar-refractivity contribution in [2.75, 3.05) is 46.0 Å². The highest BCUT2D eigenvalue weighted by Crippen LogP contribution is 2.29. The molecule has 0 saturated carbocycles. The molecule has 11 heteroatoms. The van der Waals surface area contributed by atoms with Gasteiger partial charge in [-0.2, -0.15) is 0 Å². The van der Waals surface area contributed by atoms with Crippen molar-refractivity contribution in [3.05, 3.63) is 71.8 Å². The standard InChI is InChI=1S/C40H59N5O6/c1-28(2)22-33(37(47)40(5)27-51-40)43-39(49)35(24-31-14-10-7-11-15-31)44-38(48)34(23-29(3)4)41-25-32(17-16-30-12-8-6-9-13-30)42-36(46)26-45-18-20-50-21-19-45/h6-15,28-29,32-35,41H,16-27H2,1-5H3,(H,42,46)(H,43,49)(H,44,48)/t32-,33-,34?,35-,40+/m0/s1. The highest BCUT2D eigenvalue weighted by atomic mass is 16.6. The maximum Gasteiger partial charge on any atom is 0.243 e. The topological polar surface area (TPSA) is 141 Å². The van der Waals surface area contributed by atoms with E-state index in [2.05, 4.69) is 52.1 Å². The monoisotopic (exact) mass is 705 g/mol. The molecule has 2 saturated heterocycles. The van der Waals surface area contributed by atoms with E-state index in [1.54, 1.807) is 6.92 Å². The van der Waals surface area contributed by atoms with E-state index in [-0.39, 0.29) is 41.9 Å². The van der Waals surface area contributed by atoms with Crippen LogP contribution in [-0.4, -0.2) is 104 Å². The van der Waals surface area contributed by atoms with Gasteiger partial charge in [0.15, 0.2) is 5.78 Å². The Balaban J connectivity index is 1.47. The van der Waals surface area contributed by atoms with Gasteiger partial charge in [-0.15, -0.1) is 0 Å². The van der Waals surface area contributed by atoms with Crippen molar-refractivity contribution in [1.29, 1.82) is 0 Å². The molecule has 2 aliphatic rings. The van der Waals surface area contributed by atoms with Crippen LogP contribution in [0.25, 0.3) is 0 Å². The summed E-state index contributed by atoms with van der Waals surface area (Å²) in [5.74, 6) is -0.573. The number of amides is 3. The molecule has 2 fully saturated rings. The zero-order valence-corrected chi connectivity index (χ0v) is 31.1. The highest BCUT2D eigenvalue weighted by Gasteiger charge is 2.50. The first kappa shape index (κ1) is 40.1. The number of epoxide rings is 1. The Morgan fingerprint density at radius 2 is 1.31 bits per heavy atom. The minimum Gasteiger partial charge on any atom is -0.379 e. The van der Waals surface area contributed by atoms with Crippen LogP contribution in [0, 0.1) is 11.8 Å². The van der Waals surface area contributed by atoms with Crippen LogP contribution in [0.4, 0.5) is 0 Å². The maximum absolute atomic E-state index is 14.1. The van der Waals surface area contributed by atoms with Gasteiger partial charge < -0.3 is 30.7 Å². The van der Waals surface area contributed by atoms with Gasteiger partial charge in [0.1, 0.15) is 11.6 Å². The predicted molar refractivity (Wildman–Crippen MR) is 198 cm³/mol. The number of ether oxygens (including phenoxy) is 2. The van der Waals surface area contributed by atoms with E-state index in [4.69, 9.17) is 9.47 Å². The molecule has 2 heterocycles. The average Bonchev–Trinajstić information content (AvgIpc) is 3.86. The summed E-state index contributed by atoms with van der Waals surface area (Å²) in [7, 11) is 0.